The number of rotatable bonds is 7. The maximum Gasteiger partial charge on any atom is 0.306 e. The summed E-state index contributed by atoms with van der Waals surface area (Å²) in [6.45, 7) is 5.59. The van der Waals surface area contributed by atoms with Crippen LogP contribution < -0.4 is 5.32 Å². The van der Waals surface area contributed by atoms with Crippen molar-refractivity contribution in [2.75, 3.05) is 0 Å². The largest absolute Gasteiger partial charge is 0.481 e. The van der Waals surface area contributed by atoms with Crippen LogP contribution in [0.15, 0.2) is 22.7 Å². The average Bonchev–Trinajstić information content (AvgIpc) is 2.37. The molecule has 5 heteroatoms. The van der Waals surface area contributed by atoms with E-state index in [4.69, 9.17) is 5.11 Å². The van der Waals surface area contributed by atoms with Crippen molar-refractivity contribution in [3.8, 4) is 0 Å². The highest BCUT2D eigenvalue weighted by atomic mass is 79.9. The third kappa shape index (κ3) is 6.29. The predicted molar refractivity (Wildman–Crippen MR) is 86.5 cm³/mol. The van der Waals surface area contributed by atoms with Crippen LogP contribution in [0.5, 0.6) is 0 Å². The van der Waals surface area contributed by atoms with Crippen LogP contribution in [0, 0.1) is 12.8 Å². The minimum atomic E-state index is -0.767. The highest BCUT2D eigenvalue weighted by Gasteiger charge is 2.13. The lowest BCUT2D eigenvalue weighted by atomic mass is 10.0. The van der Waals surface area contributed by atoms with E-state index in [0.717, 1.165) is 22.9 Å². The van der Waals surface area contributed by atoms with Gasteiger partial charge >= 0.3 is 5.97 Å². The summed E-state index contributed by atoms with van der Waals surface area (Å²) in [5.41, 5.74) is 1.66. The summed E-state index contributed by atoms with van der Waals surface area (Å²) in [7, 11) is 0. The molecule has 0 aliphatic rings. The van der Waals surface area contributed by atoms with Gasteiger partial charge in [0.15, 0.2) is 0 Å². The maximum absolute atomic E-state index is 12.1. The fourth-order valence-corrected chi connectivity index (χ4v) is 2.71. The van der Waals surface area contributed by atoms with E-state index in [1.54, 1.807) is 13.0 Å². The van der Waals surface area contributed by atoms with Crippen LogP contribution in [0.1, 0.15) is 49.0 Å². The molecule has 2 unspecified atom stereocenters. The Morgan fingerprint density at radius 2 is 1.90 bits per heavy atom. The fraction of sp³-hybridized carbons (Fsp3) is 0.500. The number of carboxylic acid groups (broad SMARTS) is 1. The van der Waals surface area contributed by atoms with Crippen LogP contribution in [0.2, 0.25) is 0 Å². The molecule has 0 saturated heterocycles. The molecule has 21 heavy (non-hydrogen) atoms. The lowest BCUT2D eigenvalue weighted by molar-refractivity contribution is -0.141. The third-order valence-corrected chi connectivity index (χ3v) is 3.84. The van der Waals surface area contributed by atoms with E-state index in [9.17, 15) is 9.59 Å². The van der Waals surface area contributed by atoms with Crippen molar-refractivity contribution < 1.29 is 14.7 Å². The van der Waals surface area contributed by atoms with Gasteiger partial charge in [-0.25, -0.2) is 0 Å². The first-order valence-electron chi connectivity index (χ1n) is 7.10. The van der Waals surface area contributed by atoms with Crippen LogP contribution in [-0.4, -0.2) is 23.0 Å². The normalized spacial score (nSPS) is 13.5. The van der Waals surface area contributed by atoms with Gasteiger partial charge in [0, 0.05) is 16.1 Å². The van der Waals surface area contributed by atoms with Gasteiger partial charge in [-0.1, -0.05) is 29.3 Å². The Bertz CT molecular complexity index is 496. The number of nitrogens with one attached hydrogen (secondary N) is 1. The van der Waals surface area contributed by atoms with Gasteiger partial charge in [-0.15, -0.1) is 0 Å². The first-order valence-corrected chi connectivity index (χ1v) is 7.89. The minimum absolute atomic E-state index is 0.0257. The number of aryl methyl sites for hydroxylation is 1. The Labute approximate surface area is 134 Å². The molecule has 0 heterocycles. The van der Waals surface area contributed by atoms with Crippen LogP contribution in [0.4, 0.5) is 0 Å². The molecule has 0 saturated carbocycles. The quantitative estimate of drug-likeness (QED) is 0.782. The average molecular weight is 356 g/mol. The van der Waals surface area contributed by atoms with E-state index in [2.05, 4.69) is 21.2 Å². The molecular weight excluding hydrogens is 334 g/mol. The second kappa shape index (κ2) is 8.17. The van der Waals surface area contributed by atoms with Crippen molar-refractivity contribution in [1.29, 1.82) is 0 Å². The molecule has 4 nitrogen and oxygen atoms in total. The van der Waals surface area contributed by atoms with E-state index in [-0.39, 0.29) is 17.9 Å². The fourth-order valence-electron chi connectivity index (χ4n) is 2.10. The van der Waals surface area contributed by atoms with Crippen molar-refractivity contribution in [2.24, 2.45) is 5.92 Å². The summed E-state index contributed by atoms with van der Waals surface area (Å²) in [5.74, 6) is -1.20. The summed E-state index contributed by atoms with van der Waals surface area (Å²) in [6, 6.07) is 5.62. The standard InChI is InChI=1S/C16H22BrNO3/c1-10-7-13(9-14(17)8-10)15(19)18-12(3)6-4-5-11(2)16(20)21/h7-9,11-12H,4-6H2,1-3H3,(H,18,19)(H,20,21). The van der Waals surface area contributed by atoms with Gasteiger partial charge in [0.2, 0.25) is 0 Å². The van der Waals surface area contributed by atoms with Gasteiger partial charge < -0.3 is 10.4 Å². The van der Waals surface area contributed by atoms with Crippen molar-refractivity contribution >= 4 is 27.8 Å². The van der Waals surface area contributed by atoms with Gasteiger partial charge in [0.05, 0.1) is 5.92 Å². The molecule has 0 radical (unpaired) electrons. The Kier molecular flexibility index (Phi) is 6.89. The predicted octanol–water partition coefficient (Wildman–Crippen LogP) is 3.77. The molecular formula is C16H22BrNO3. The number of halogens is 1. The number of carboxylic acids is 1. The molecule has 2 N–H and O–H groups in total. The Balaban J connectivity index is 2.45. The number of aliphatic carboxylic acids is 1. The summed E-state index contributed by atoms with van der Waals surface area (Å²) < 4.78 is 0.885. The van der Waals surface area contributed by atoms with Crippen LogP contribution >= 0.6 is 15.9 Å². The molecule has 2 atom stereocenters. The van der Waals surface area contributed by atoms with Crippen molar-refractivity contribution in [3.05, 3.63) is 33.8 Å². The van der Waals surface area contributed by atoms with E-state index < -0.39 is 5.97 Å². The SMILES string of the molecule is Cc1cc(Br)cc(C(=O)NC(C)CCCC(C)C(=O)O)c1. The zero-order valence-electron chi connectivity index (χ0n) is 12.6. The van der Waals surface area contributed by atoms with Crippen molar-refractivity contribution in [3.63, 3.8) is 0 Å². The van der Waals surface area contributed by atoms with Gasteiger partial charge in [0.25, 0.3) is 5.91 Å². The molecule has 1 aromatic rings. The zero-order chi connectivity index (χ0) is 16.0. The van der Waals surface area contributed by atoms with Gasteiger partial charge in [-0.2, -0.15) is 0 Å². The van der Waals surface area contributed by atoms with Gasteiger partial charge in [0.1, 0.15) is 0 Å². The number of amides is 1. The number of hydrogen-bond donors (Lipinski definition) is 2. The Hall–Kier alpha value is -1.36. The number of carbonyl (C=O) groups is 2. The highest BCUT2D eigenvalue weighted by molar-refractivity contribution is 9.10. The lowest BCUT2D eigenvalue weighted by Gasteiger charge is -2.15. The molecule has 0 bridgehead atoms. The monoisotopic (exact) mass is 355 g/mol. The molecule has 0 aliphatic heterocycles. The number of hydrogen-bond acceptors (Lipinski definition) is 2. The third-order valence-electron chi connectivity index (χ3n) is 3.38. The van der Waals surface area contributed by atoms with E-state index >= 15 is 0 Å². The van der Waals surface area contributed by atoms with Crippen LogP contribution in [0.25, 0.3) is 0 Å². The van der Waals surface area contributed by atoms with Gasteiger partial charge in [-0.3, -0.25) is 9.59 Å². The van der Waals surface area contributed by atoms with Gasteiger partial charge in [-0.05, 0) is 50.5 Å². The molecule has 1 aromatic carbocycles. The summed E-state index contributed by atoms with van der Waals surface area (Å²) >= 11 is 3.38. The van der Waals surface area contributed by atoms with E-state index in [0.29, 0.717) is 12.0 Å². The summed E-state index contributed by atoms with van der Waals surface area (Å²) in [4.78, 5) is 22.9. The summed E-state index contributed by atoms with van der Waals surface area (Å²) in [6.07, 6.45) is 2.19. The second-order valence-corrected chi connectivity index (χ2v) is 6.48. The number of carbonyl (C=O) groups excluding carboxylic acids is 1. The first-order chi connectivity index (χ1) is 9.79. The topological polar surface area (TPSA) is 66.4 Å². The lowest BCUT2D eigenvalue weighted by Crippen LogP contribution is -2.32. The smallest absolute Gasteiger partial charge is 0.306 e. The molecule has 0 fully saturated rings. The molecule has 0 spiro atoms. The highest BCUT2D eigenvalue weighted by Crippen LogP contribution is 2.16. The molecule has 0 aromatic heterocycles. The summed E-state index contributed by atoms with van der Waals surface area (Å²) in [5, 5.41) is 11.8. The minimum Gasteiger partial charge on any atom is -0.481 e. The first kappa shape index (κ1) is 17.7. The van der Waals surface area contributed by atoms with Crippen LogP contribution in [-0.2, 0) is 4.79 Å². The molecule has 1 amide bonds. The van der Waals surface area contributed by atoms with E-state index in [1.165, 1.54) is 0 Å². The molecule has 116 valence electrons. The van der Waals surface area contributed by atoms with Crippen molar-refractivity contribution in [2.45, 2.75) is 46.1 Å². The zero-order valence-corrected chi connectivity index (χ0v) is 14.2. The van der Waals surface area contributed by atoms with Crippen molar-refractivity contribution in [1.82, 2.24) is 5.32 Å². The molecule has 1 rings (SSSR count). The second-order valence-electron chi connectivity index (χ2n) is 5.56. The number of benzene rings is 1. The Morgan fingerprint density at radius 1 is 1.24 bits per heavy atom. The molecule has 0 aliphatic carbocycles. The Morgan fingerprint density at radius 3 is 2.48 bits per heavy atom. The van der Waals surface area contributed by atoms with E-state index in [1.807, 2.05) is 26.0 Å². The maximum atomic E-state index is 12.1. The van der Waals surface area contributed by atoms with Crippen LogP contribution in [0.3, 0.4) is 0 Å².